The van der Waals surface area contributed by atoms with Crippen molar-refractivity contribution in [3.63, 3.8) is 0 Å². The third-order valence-corrected chi connectivity index (χ3v) is 5.34. The van der Waals surface area contributed by atoms with E-state index in [2.05, 4.69) is 0 Å². The fourth-order valence-corrected chi connectivity index (χ4v) is 4.04. The van der Waals surface area contributed by atoms with Gasteiger partial charge in [0.05, 0.1) is 31.1 Å². The van der Waals surface area contributed by atoms with E-state index < -0.39 is 22.0 Å². The second-order valence-electron chi connectivity index (χ2n) is 4.61. The molecule has 1 aromatic rings. The molecule has 0 amide bonds. The van der Waals surface area contributed by atoms with E-state index in [4.69, 9.17) is 9.47 Å². The Morgan fingerprint density at radius 1 is 1.29 bits per heavy atom. The fraction of sp³-hybridized carbons (Fsp3) is 0.462. The summed E-state index contributed by atoms with van der Waals surface area (Å²) in [6, 6.07) is 3.03. The summed E-state index contributed by atoms with van der Waals surface area (Å²) in [7, 11) is -1.07. The maximum Gasteiger partial charge on any atom is 0.243 e. The van der Waals surface area contributed by atoms with Crippen molar-refractivity contribution in [1.82, 2.24) is 4.31 Å². The number of hydrogen-bond acceptors (Lipinski definition) is 6. The molecule has 1 heterocycles. The van der Waals surface area contributed by atoms with Crippen LogP contribution in [0, 0.1) is 0 Å². The van der Waals surface area contributed by atoms with Crippen LogP contribution in [-0.4, -0.2) is 45.5 Å². The molecule has 0 aliphatic carbocycles. The van der Waals surface area contributed by atoms with E-state index in [9.17, 15) is 18.3 Å². The molecule has 1 aromatic carbocycles. The Morgan fingerprint density at radius 3 is 2.52 bits per heavy atom. The summed E-state index contributed by atoms with van der Waals surface area (Å²) in [6.07, 6.45) is 0.750. The van der Waals surface area contributed by atoms with Crippen LogP contribution in [0.2, 0.25) is 0 Å². The first kappa shape index (κ1) is 15.6. The molecule has 0 radical (unpaired) electrons. The Bertz CT molecular complexity index is 642. The zero-order chi connectivity index (χ0) is 15.6. The Hall–Kier alpha value is -1.80. The maximum absolute atomic E-state index is 12.6. The van der Waals surface area contributed by atoms with Crippen LogP contribution < -0.4 is 14.6 Å². The number of ether oxygens (including phenoxy) is 2. The van der Waals surface area contributed by atoms with Gasteiger partial charge in [-0.05, 0) is 25.0 Å². The van der Waals surface area contributed by atoms with Gasteiger partial charge in [-0.1, -0.05) is 0 Å². The predicted octanol–water partition coefficient (Wildman–Crippen LogP) is -0.393. The lowest BCUT2D eigenvalue weighted by molar-refractivity contribution is -0.309. The monoisotopic (exact) mass is 314 g/mol. The summed E-state index contributed by atoms with van der Waals surface area (Å²) >= 11 is 0. The summed E-state index contributed by atoms with van der Waals surface area (Å²) < 4.78 is 36.2. The number of methoxy groups -OCH3 is 2. The zero-order valence-electron chi connectivity index (χ0n) is 11.7. The third kappa shape index (κ3) is 2.81. The topological polar surface area (TPSA) is 96.0 Å². The van der Waals surface area contributed by atoms with Crippen LogP contribution in [0.25, 0.3) is 0 Å². The lowest BCUT2D eigenvalue weighted by Crippen LogP contribution is -2.46. The summed E-state index contributed by atoms with van der Waals surface area (Å²) in [5, 5.41) is 11.1. The van der Waals surface area contributed by atoms with Crippen molar-refractivity contribution in [2.24, 2.45) is 0 Å². The largest absolute Gasteiger partial charge is 0.548 e. The Balaban J connectivity index is 2.42. The highest BCUT2D eigenvalue weighted by molar-refractivity contribution is 7.89. The number of carbonyl (C=O) groups excluding carboxylic acids is 1. The molecule has 1 aliphatic heterocycles. The van der Waals surface area contributed by atoms with Gasteiger partial charge in [-0.3, -0.25) is 0 Å². The molecular weight excluding hydrogens is 298 g/mol. The van der Waals surface area contributed by atoms with Crippen LogP contribution in [0.4, 0.5) is 0 Å². The van der Waals surface area contributed by atoms with E-state index >= 15 is 0 Å². The third-order valence-electron chi connectivity index (χ3n) is 3.44. The van der Waals surface area contributed by atoms with Crippen LogP contribution >= 0.6 is 0 Å². The molecule has 0 bridgehead atoms. The first-order chi connectivity index (χ1) is 9.91. The molecular formula is C13H16NO6S-. The average Bonchev–Trinajstić information content (AvgIpc) is 2.96. The van der Waals surface area contributed by atoms with Gasteiger partial charge in [-0.15, -0.1) is 0 Å². The van der Waals surface area contributed by atoms with Gasteiger partial charge in [0.25, 0.3) is 0 Å². The number of carbonyl (C=O) groups is 1. The highest BCUT2D eigenvalue weighted by atomic mass is 32.2. The summed E-state index contributed by atoms with van der Waals surface area (Å²) in [6.45, 7) is 0.162. The normalized spacial score (nSPS) is 19.4. The first-order valence-electron chi connectivity index (χ1n) is 6.36. The molecule has 1 atom stereocenters. The van der Waals surface area contributed by atoms with Gasteiger partial charge in [0.15, 0.2) is 11.5 Å². The molecule has 0 unspecified atom stereocenters. The molecule has 8 heteroatoms. The molecule has 0 spiro atoms. The van der Waals surface area contributed by atoms with Crippen LogP contribution in [0.15, 0.2) is 23.1 Å². The first-order valence-corrected chi connectivity index (χ1v) is 7.80. The number of carboxylic acid groups (broad SMARTS) is 1. The number of carboxylic acids is 1. The van der Waals surface area contributed by atoms with Gasteiger partial charge in [-0.2, -0.15) is 4.31 Å². The van der Waals surface area contributed by atoms with Gasteiger partial charge in [0.1, 0.15) is 0 Å². The van der Waals surface area contributed by atoms with Crippen molar-refractivity contribution in [2.45, 2.75) is 23.8 Å². The van der Waals surface area contributed by atoms with Crippen molar-refractivity contribution in [1.29, 1.82) is 0 Å². The lowest BCUT2D eigenvalue weighted by Gasteiger charge is -2.25. The fourth-order valence-electron chi connectivity index (χ4n) is 2.38. The molecule has 0 aromatic heterocycles. The van der Waals surface area contributed by atoms with Crippen LogP contribution in [0.1, 0.15) is 12.8 Å². The Kier molecular flexibility index (Phi) is 4.38. The van der Waals surface area contributed by atoms with Gasteiger partial charge in [0.2, 0.25) is 10.0 Å². The Labute approximate surface area is 123 Å². The molecule has 116 valence electrons. The number of rotatable bonds is 5. The van der Waals surface area contributed by atoms with Crippen LogP contribution in [0.5, 0.6) is 11.5 Å². The highest BCUT2D eigenvalue weighted by Gasteiger charge is 2.36. The number of benzene rings is 1. The van der Waals surface area contributed by atoms with Gasteiger partial charge in [-0.25, -0.2) is 8.42 Å². The van der Waals surface area contributed by atoms with Crippen molar-refractivity contribution in [3.8, 4) is 11.5 Å². The second kappa shape index (κ2) is 5.90. The van der Waals surface area contributed by atoms with Crippen molar-refractivity contribution < 1.29 is 27.8 Å². The van der Waals surface area contributed by atoms with Gasteiger partial charge in [0, 0.05) is 12.6 Å². The number of aliphatic carboxylic acids is 1. The smallest absolute Gasteiger partial charge is 0.243 e. The second-order valence-corrected chi connectivity index (χ2v) is 6.50. The van der Waals surface area contributed by atoms with Crippen molar-refractivity contribution in [2.75, 3.05) is 20.8 Å². The van der Waals surface area contributed by atoms with E-state index in [1.54, 1.807) is 0 Å². The molecule has 0 N–H and O–H groups in total. The van der Waals surface area contributed by atoms with E-state index in [1.165, 1.54) is 32.4 Å². The van der Waals surface area contributed by atoms with Gasteiger partial charge >= 0.3 is 0 Å². The summed E-state index contributed by atoms with van der Waals surface area (Å²) in [4.78, 5) is 11.0. The SMILES string of the molecule is COc1ccc(S(=O)(=O)N2CCC[C@@H]2C(=O)[O-])cc1OC. The zero-order valence-corrected chi connectivity index (χ0v) is 12.6. The van der Waals surface area contributed by atoms with Gasteiger partial charge < -0.3 is 19.4 Å². The standard InChI is InChI=1S/C13H17NO6S/c1-19-11-6-5-9(8-12(11)20-2)21(17,18)14-7-3-4-10(14)13(15)16/h5-6,8,10H,3-4,7H2,1-2H3,(H,15,16)/p-1/t10-/m1/s1. The van der Waals surface area contributed by atoms with Crippen LogP contribution in [-0.2, 0) is 14.8 Å². The molecule has 1 fully saturated rings. The van der Waals surface area contributed by atoms with E-state index in [-0.39, 0.29) is 23.6 Å². The minimum Gasteiger partial charge on any atom is -0.548 e. The van der Waals surface area contributed by atoms with Crippen molar-refractivity contribution in [3.05, 3.63) is 18.2 Å². The van der Waals surface area contributed by atoms with E-state index in [0.717, 1.165) is 4.31 Å². The average molecular weight is 314 g/mol. The number of nitrogens with zero attached hydrogens (tertiary/aromatic N) is 1. The number of hydrogen-bond donors (Lipinski definition) is 0. The minimum atomic E-state index is -3.91. The quantitative estimate of drug-likeness (QED) is 0.734. The summed E-state index contributed by atoms with van der Waals surface area (Å²) in [5.41, 5.74) is 0. The minimum absolute atomic E-state index is 0.0340. The van der Waals surface area contributed by atoms with Crippen molar-refractivity contribution >= 4 is 16.0 Å². The highest BCUT2D eigenvalue weighted by Crippen LogP contribution is 2.32. The molecule has 21 heavy (non-hydrogen) atoms. The Morgan fingerprint density at radius 2 is 1.95 bits per heavy atom. The molecule has 2 rings (SSSR count). The number of sulfonamides is 1. The maximum atomic E-state index is 12.6. The lowest BCUT2D eigenvalue weighted by atomic mass is 10.2. The van der Waals surface area contributed by atoms with E-state index in [0.29, 0.717) is 12.2 Å². The molecule has 7 nitrogen and oxygen atoms in total. The molecule has 1 saturated heterocycles. The molecule has 0 saturated carbocycles. The van der Waals surface area contributed by atoms with Crippen LogP contribution in [0.3, 0.4) is 0 Å². The van der Waals surface area contributed by atoms with E-state index in [1.807, 2.05) is 0 Å². The summed E-state index contributed by atoms with van der Waals surface area (Å²) in [5.74, 6) is -0.714. The predicted molar refractivity (Wildman–Crippen MR) is 71.5 cm³/mol. The molecule has 1 aliphatic rings.